The smallest absolute Gasteiger partial charge is 0.272 e. The lowest BCUT2D eigenvalue weighted by molar-refractivity contribution is -0.0543. The van der Waals surface area contributed by atoms with Crippen molar-refractivity contribution in [3.8, 4) is 11.3 Å². The molecule has 25 heavy (non-hydrogen) atoms. The monoisotopic (exact) mass is 345 g/mol. The molecule has 7 heteroatoms. The van der Waals surface area contributed by atoms with E-state index < -0.39 is 0 Å². The minimum absolute atomic E-state index is 0.0927. The number of likely N-dealkylation sites (tertiary alicyclic amines) is 1. The van der Waals surface area contributed by atoms with Crippen molar-refractivity contribution in [2.75, 3.05) is 32.9 Å². The second kappa shape index (κ2) is 6.93. The molecule has 132 valence electrons. The van der Waals surface area contributed by atoms with Gasteiger partial charge in [-0.25, -0.2) is 4.39 Å². The van der Waals surface area contributed by atoms with Crippen LogP contribution in [-0.2, 0) is 9.47 Å². The molecular formula is C18H20FN3O3. The summed E-state index contributed by atoms with van der Waals surface area (Å²) in [5.74, 6) is 0.0897. The highest BCUT2D eigenvalue weighted by Crippen LogP contribution is 2.22. The van der Waals surface area contributed by atoms with Gasteiger partial charge in [0.1, 0.15) is 11.5 Å². The van der Waals surface area contributed by atoms with Crippen LogP contribution in [0.15, 0.2) is 30.3 Å². The molecule has 1 amide bonds. The molecule has 6 nitrogen and oxygen atoms in total. The van der Waals surface area contributed by atoms with E-state index in [1.807, 2.05) is 0 Å². The SMILES string of the molecule is O=C(c1cc(-c2ccc(F)cc2)n[nH]1)N1CC(OCC2CCOC2)C1. The number of aromatic amines is 1. The Bertz CT molecular complexity index is 734. The highest BCUT2D eigenvalue weighted by Gasteiger charge is 2.33. The Morgan fingerprint density at radius 3 is 2.88 bits per heavy atom. The van der Waals surface area contributed by atoms with E-state index in [-0.39, 0.29) is 17.8 Å². The number of carbonyl (C=O) groups is 1. The van der Waals surface area contributed by atoms with Gasteiger partial charge in [-0.2, -0.15) is 5.10 Å². The first-order chi connectivity index (χ1) is 12.2. The Kier molecular flexibility index (Phi) is 4.50. The van der Waals surface area contributed by atoms with Crippen molar-refractivity contribution in [2.24, 2.45) is 5.92 Å². The number of ether oxygens (including phenoxy) is 2. The Morgan fingerprint density at radius 2 is 2.16 bits per heavy atom. The lowest BCUT2D eigenvalue weighted by atomic mass is 10.1. The van der Waals surface area contributed by atoms with E-state index in [1.165, 1.54) is 12.1 Å². The molecule has 0 aliphatic carbocycles. The number of rotatable bonds is 5. The molecule has 0 radical (unpaired) electrons. The van der Waals surface area contributed by atoms with Gasteiger partial charge in [0.2, 0.25) is 0 Å². The van der Waals surface area contributed by atoms with Gasteiger partial charge in [-0.15, -0.1) is 0 Å². The maximum absolute atomic E-state index is 13.0. The Labute approximate surface area is 144 Å². The molecule has 2 aliphatic rings. The Balaban J connectivity index is 1.29. The van der Waals surface area contributed by atoms with Crippen LogP contribution in [0.25, 0.3) is 11.3 Å². The zero-order valence-electron chi connectivity index (χ0n) is 13.8. The molecule has 3 heterocycles. The highest BCUT2D eigenvalue weighted by molar-refractivity contribution is 5.94. The fourth-order valence-electron chi connectivity index (χ4n) is 3.07. The second-order valence-electron chi connectivity index (χ2n) is 6.57. The maximum atomic E-state index is 13.0. The average molecular weight is 345 g/mol. The number of amides is 1. The number of hydrogen-bond acceptors (Lipinski definition) is 4. The van der Waals surface area contributed by atoms with Crippen molar-refractivity contribution in [3.05, 3.63) is 41.8 Å². The van der Waals surface area contributed by atoms with Gasteiger partial charge in [0.05, 0.1) is 25.0 Å². The molecule has 2 fully saturated rings. The van der Waals surface area contributed by atoms with Gasteiger partial charge in [-0.05, 0) is 36.8 Å². The van der Waals surface area contributed by atoms with E-state index >= 15 is 0 Å². The van der Waals surface area contributed by atoms with Crippen LogP contribution >= 0.6 is 0 Å². The Morgan fingerprint density at radius 1 is 1.36 bits per heavy atom. The van der Waals surface area contributed by atoms with Crippen molar-refractivity contribution < 1.29 is 18.7 Å². The number of H-pyrrole nitrogens is 1. The lowest BCUT2D eigenvalue weighted by Crippen LogP contribution is -2.55. The number of hydrogen-bond donors (Lipinski definition) is 1. The van der Waals surface area contributed by atoms with Gasteiger partial charge >= 0.3 is 0 Å². The molecule has 0 spiro atoms. The molecule has 1 unspecified atom stereocenters. The molecule has 0 bridgehead atoms. The molecule has 4 rings (SSSR count). The van der Waals surface area contributed by atoms with Gasteiger partial charge in [0.15, 0.2) is 0 Å². The molecule has 1 aromatic heterocycles. The standard InChI is InChI=1S/C18H20FN3O3/c19-14-3-1-13(2-4-14)16-7-17(21-20-16)18(23)22-8-15(9-22)25-11-12-5-6-24-10-12/h1-4,7,12,15H,5-6,8-11H2,(H,20,21). The maximum Gasteiger partial charge on any atom is 0.272 e. The number of halogens is 1. The summed E-state index contributed by atoms with van der Waals surface area (Å²) in [6, 6.07) is 7.72. The fourth-order valence-corrected chi connectivity index (χ4v) is 3.07. The van der Waals surface area contributed by atoms with E-state index in [4.69, 9.17) is 9.47 Å². The normalized spacial score (nSPS) is 20.7. The zero-order valence-corrected chi connectivity index (χ0v) is 13.8. The summed E-state index contributed by atoms with van der Waals surface area (Å²) >= 11 is 0. The molecular weight excluding hydrogens is 325 g/mol. The summed E-state index contributed by atoms with van der Waals surface area (Å²) in [7, 11) is 0. The third-order valence-corrected chi connectivity index (χ3v) is 4.68. The van der Waals surface area contributed by atoms with E-state index in [0.29, 0.717) is 37.0 Å². The van der Waals surface area contributed by atoms with Crippen molar-refractivity contribution in [1.29, 1.82) is 0 Å². The summed E-state index contributed by atoms with van der Waals surface area (Å²) in [6.07, 6.45) is 1.15. The molecule has 2 aromatic rings. The van der Waals surface area contributed by atoms with Gasteiger partial charge in [-0.1, -0.05) is 0 Å². The summed E-state index contributed by atoms with van der Waals surface area (Å²) < 4.78 is 24.1. The predicted molar refractivity (Wildman–Crippen MR) is 88.6 cm³/mol. The van der Waals surface area contributed by atoms with Crippen molar-refractivity contribution in [3.63, 3.8) is 0 Å². The highest BCUT2D eigenvalue weighted by atomic mass is 19.1. The third-order valence-electron chi connectivity index (χ3n) is 4.68. The number of benzene rings is 1. The van der Waals surface area contributed by atoms with Crippen LogP contribution in [0, 0.1) is 11.7 Å². The van der Waals surface area contributed by atoms with Crippen LogP contribution in [0.4, 0.5) is 4.39 Å². The summed E-state index contributed by atoms with van der Waals surface area (Å²) in [6.45, 7) is 3.48. The molecule has 2 aliphatic heterocycles. The minimum atomic E-state index is -0.300. The Hall–Kier alpha value is -2.25. The third kappa shape index (κ3) is 3.57. The summed E-state index contributed by atoms with van der Waals surface area (Å²) in [5, 5.41) is 6.91. The first kappa shape index (κ1) is 16.2. The van der Waals surface area contributed by atoms with Gasteiger partial charge < -0.3 is 14.4 Å². The summed E-state index contributed by atoms with van der Waals surface area (Å²) in [4.78, 5) is 14.2. The van der Waals surface area contributed by atoms with Crippen LogP contribution in [0.1, 0.15) is 16.9 Å². The van der Waals surface area contributed by atoms with E-state index in [0.717, 1.165) is 25.2 Å². The van der Waals surface area contributed by atoms with Crippen LogP contribution < -0.4 is 0 Å². The van der Waals surface area contributed by atoms with E-state index in [1.54, 1.807) is 23.1 Å². The number of carbonyl (C=O) groups excluding carboxylic acids is 1. The zero-order chi connectivity index (χ0) is 17.2. The van der Waals surface area contributed by atoms with Crippen LogP contribution in [0.2, 0.25) is 0 Å². The van der Waals surface area contributed by atoms with Crippen molar-refractivity contribution >= 4 is 5.91 Å². The number of nitrogens with zero attached hydrogens (tertiary/aromatic N) is 2. The molecule has 1 aromatic carbocycles. The minimum Gasteiger partial charge on any atom is -0.381 e. The quantitative estimate of drug-likeness (QED) is 0.901. The van der Waals surface area contributed by atoms with E-state index in [2.05, 4.69) is 10.2 Å². The van der Waals surface area contributed by atoms with Gasteiger partial charge in [-0.3, -0.25) is 9.89 Å². The average Bonchev–Trinajstić information content (AvgIpc) is 3.25. The molecule has 1 N–H and O–H groups in total. The van der Waals surface area contributed by atoms with Gasteiger partial charge in [0.25, 0.3) is 5.91 Å². The van der Waals surface area contributed by atoms with Gasteiger partial charge in [0, 0.05) is 31.2 Å². The topological polar surface area (TPSA) is 67.5 Å². The van der Waals surface area contributed by atoms with Crippen LogP contribution in [0.5, 0.6) is 0 Å². The van der Waals surface area contributed by atoms with Crippen molar-refractivity contribution in [2.45, 2.75) is 12.5 Å². The summed E-state index contributed by atoms with van der Waals surface area (Å²) in [5.41, 5.74) is 1.82. The first-order valence-electron chi connectivity index (χ1n) is 8.49. The fraction of sp³-hybridized carbons (Fsp3) is 0.444. The predicted octanol–water partition coefficient (Wildman–Crippen LogP) is 2.09. The molecule has 1 atom stereocenters. The molecule has 0 saturated carbocycles. The number of aromatic nitrogens is 2. The molecule has 2 saturated heterocycles. The largest absolute Gasteiger partial charge is 0.381 e. The second-order valence-corrected chi connectivity index (χ2v) is 6.57. The lowest BCUT2D eigenvalue weighted by Gasteiger charge is -2.38. The number of nitrogens with one attached hydrogen (secondary N) is 1. The van der Waals surface area contributed by atoms with E-state index in [9.17, 15) is 9.18 Å². The van der Waals surface area contributed by atoms with Crippen molar-refractivity contribution in [1.82, 2.24) is 15.1 Å². The first-order valence-corrected chi connectivity index (χ1v) is 8.49. The van der Waals surface area contributed by atoms with Crippen LogP contribution in [-0.4, -0.2) is 60.0 Å². The van der Waals surface area contributed by atoms with Crippen LogP contribution in [0.3, 0.4) is 0 Å².